The molecule has 3 aliphatic heterocycles. The maximum Gasteiger partial charge on any atom is 0.254 e. The molecule has 0 radical (unpaired) electrons. The molecule has 5 rings (SSSR count). The number of ether oxygens (including phenoxy) is 1. The Hall–Kier alpha value is -2.44. The third kappa shape index (κ3) is 3.62. The van der Waals surface area contributed by atoms with Crippen LogP contribution in [0.25, 0.3) is 0 Å². The highest BCUT2D eigenvalue weighted by molar-refractivity contribution is 5.85. The zero-order valence-corrected chi connectivity index (χ0v) is 18.1. The number of nitrogens with zero attached hydrogens (tertiary/aromatic N) is 2. The first-order valence-corrected chi connectivity index (χ1v) is 11.4. The summed E-state index contributed by atoms with van der Waals surface area (Å²) in [6.45, 7) is 2.95. The number of carbonyl (C=O) groups is 1. The highest BCUT2D eigenvalue weighted by Gasteiger charge is 2.47. The second-order valence-corrected chi connectivity index (χ2v) is 9.27. The lowest BCUT2D eigenvalue weighted by molar-refractivity contribution is -0.161. The molecule has 0 spiro atoms. The van der Waals surface area contributed by atoms with Crippen LogP contribution in [0.15, 0.2) is 53.3 Å². The first-order chi connectivity index (χ1) is 15.1. The lowest BCUT2D eigenvalue weighted by atomic mass is 9.76. The molecule has 164 valence electrons. The largest absolute Gasteiger partial charge is 0.368 e. The van der Waals surface area contributed by atoms with Crippen LogP contribution in [0.2, 0.25) is 0 Å². The molecule has 2 saturated heterocycles. The van der Waals surface area contributed by atoms with E-state index < -0.39 is 5.60 Å². The Bertz CT molecular complexity index is 997. The van der Waals surface area contributed by atoms with E-state index in [1.807, 2.05) is 33.7 Å². The van der Waals surface area contributed by atoms with Crippen LogP contribution < -0.4 is 10.9 Å². The monoisotopic (exact) mass is 421 g/mol. The van der Waals surface area contributed by atoms with Gasteiger partial charge in [0.25, 0.3) is 11.5 Å². The lowest BCUT2D eigenvalue weighted by Crippen LogP contribution is -2.59. The standard InChI is InChI=1S/C25H31N3O3/c1-31-25(10-12-26-13-11-25)24(30)27-16-19-15-20(17-27)22(14-18-6-3-2-4-7-18)28-21(19)8-5-9-23(28)29/h2-9,19-20,22,26H,10-17H2,1H3/t19-,20+,22+/m1/s1. The fraction of sp³-hybridized carbons (Fsp3) is 0.520. The number of hydrogen-bond acceptors (Lipinski definition) is 4. The van der Waals surface area contributed by atoms with Crippen molar-refractivity contribution in [1.29, 1.82) is 0 Å². The summed E-state index contributed by atoms with van der Waals surface area (Å²) in [6, 6.07) is 16.0. The van der Waals surface area contributed by atoms with Crippen molar-refractivity contribution < 1.29 is 9.53 Å². The molecule has 1 N–H and O–H groups in total. The molecule has 0 saturated carbocycles. The van der Waals surface area contributed by atoms with Gasteiger partial charge in [0, 0.05) is 43.9 Å². The first kappa shape index (κ1) is 20.5. The van der Waals surface area contributed by atoms with Gasteiger partial charge in [-0.3, -0.25) is 9.59 Å². The maximum atomic E-state index is 13.7. The average molecular weight is 422 g/mol. The van der Waals surface area contributed by atoms with E-state index in [2.05, 4.69) is 23.5 Å². The molecule has 1 aromatic heterocycles. The van der Waals surface area contributed by atoms with Gasteiger partial charge in [-0.15, -0.1) is 0 Å². The Morgan fingerprint density at radius 2 is 1.87 bits per heavy atom. The molecular formula is C25H31N3O3. The Morgan fingerprint density at radius 1 is 1.10 bits per heavy atom. The molecule has 3 atom stereocenters. The van der Waals surface area contributed by atoms with Gasteiger partial charge in [0.05, 0.1) is 0 Å². The number of pyridine rings is 1. The zero-order chi connectivity index (χ0) is 21.4. The molecule has 6 heteroatoms. The van der Waals surface area contributed by atoms with Crippen molar-refractivity contribution in [2.45, 2.75) is 43.2 Å². The quantitative estimate of drug-likeness (QED) is 0.823. The van der Waals surface area contributed by atoms with Crippen molar-refractivity contribution in [3.8, 4) is 0 Å². The molecule has 0 aliphatic carbocycles. The van der Waals surface area contributed by atoms with E-state index in [0.29, 0.717) is 25.9 Å². The number of carbonyl (C=O) groups excluding carboxylic acids is 1. The molecule has 1 aromatic carbocycles. The van der Waals surface area contributed by atoms with Gasteiger partial charge in [-0.25, -0.2) is 0 Å². The van der Waals surface area contributed by atoms with Gasteiger partial charge in [-0.05, 0) is 56.3 Å². The van der Waals surface area contributed by atoms with Gasteiger partial charge in [0.15, 0.2) is 0 Å². The average Bonchev–Trinajstić information content (AvgIpc) is 2.82. The molecule has 2 bridgehead atoms. The summed E-state index contributed by atoms with van der Waals surface area (Å²) in [5.41, 5.74) is 1.64. The Kier molecular flexibility index (Phi) is 5.44. The summed E-state index contributed by atoms with van der Waals surface area (Å²) in [6.07, 6.45) is 3.23. The number of amides is 1. The van der Waals surface area contributed by atoms with Crippen LogP contribution in [0, 0.1) is 5.92 Å². The molecule has 0 unspecified atom stereocenters. The second-order valence-electron chi connectivity index (χ2n) is 9.27. The number of rotatable bonds is 4. The summed E-state index contributed by atoms with van der Waals surface area (Å²) in [5, 5.41) is 3.34. The van der Waals surface area contributed by atoms with Crippen LogP contribution in [0.5, 0.6) is 0 Å². The Labute approximate surface area is 183 Å². The molecule has 6 nitrogen and oxygen atoms in total. The van der Waals surface area contributed by atoms with E-state index in [0.717, 1.165) is 31.6 Å². The van der Waals surface area contributed by atoms with E-state index >= 15 is 0 Å². The molecule has 1 amide bonds. The zero-order valence-electron chi connectivity index (χ0n) is 18.1. The number of nitrogens with one attached hydrogen (secondary N) is 1. The van der Waals surface area contributed by atoms with E-state index in [1.54, 1.807) is 13.2 Å². The molecular weight excluding hydrogens is 390 g/mol. The van der Waals surface area contributed by atoms with E-state index in [9.17, 15) is 9.59 Å². The van der Waals surface area contributed by atoms with Crippen LogP contribution >= 0.6 is 0 Å². The third-order valence-corrected chi connectivity index (χ3v) is 7.57. The molecule has 2 fully saturated rings. The highest BCUT2D eigenvalue weighted by atomic mass is 16.5. The van der Waals surface area contributed by atoms with Crippen LogP contribution in [0.3, 0.4) is 0 Å². The van der Waals surface area contributed by atoms with E-state index in [4.69, 9.17) is 4.74 Å². The number of aromatic nitrogens is 1. The number of fused-ring (bicyclic) bond motifs is 4. The SMILES string of the molecule is COC1(C(=O)N2C[C@H]3C[C@@H](C2)[C@H](Cc2ccccc2)n2c3cccc2=O)CCNCC1. The van der Waals surface area contributed by atoms with Gasteiger partial charge in [0.2, 0.25) is 0 Å². The highest BCUT2D eigenvalue weighted by Crippen LogP contribution is 2.43. The summed E-state index contributed by atoms with van der Waals surface area (Å²) in [4.78, 5) is 28.6. The van der Waals surface area contributed by atoms with Crippen LogP contribution in [0.1, 0.15) is 42.5 Å². The number of hydrogen-bond donors (Lipinski definition) is 1. The lowest BCUT2D eigenvalue weighted by Gasteiger charge is -2.49. The van der Waals surface area contributed by atoms with Crippen molar-refractivity contribution in [3.05, 3.63) is 70.1 Å². The first-order valence-electron chi connectivity index (χ1n) is 11.4. The predicted octanol–water partition coefficient (Wildman–Crippen LogP) is 2.35. The molecule has 2 aromatic rings. The van der Waals surface area contributed by atoms with Gasteiger partial charge < -0.3 is 19.5 Å². The Balaban J connectivity index is 1.49. The number of benzene rings is 1. The van der Waals surface area contributed by atoms with E-state index in [-0.39, 0.29) is 29.3 Å². The fourth-order valence-corrected chi connectivity index (χ4v) is 5.95. The smallest absolute Gasteiger partial charge is 0.254 e. The minimum Gasteiger partial charge on any atom is -0.368 e. The normalized spacial score (nSPS) is 26.9. The van der Waals surface area contributed by atoms with Gasteiger partial charge in [-0.1, -0.05) is 36.4 Å². The van der Waals surface area contributed by atoms with Gasteiger partial charge in [0.1, 0.15) is 5.60 Å². The molecule has 31 heavy (non-hydrogen) atoms. The fourth-order valence-electron chi connectivity index (χ4n) is 5.95. The Morgan fingerprint density at radius 3 is 2.61 bits per heavy atom. The van der Waals surface area contributed by atoms with Crippen molar-refractivity contribution >= 4 is 5.91 Å². The minimum absolute atomic E-state index is 0.0597. The van der Waals surface area contributed by atoms with Crippen molar-refractivity contribution in [1.82, 2.24) is 14.8 Å². The van der Waals surface area contributed by atoms with Gasteiger partial charge >= 0.3 is 0 Å². The summed E-state index contributed by atoms with van der Waals surface area (Å²) < 4.78 is 7.86. The van der Waals surface area contributed by atoms with Crippen LogP contribution in [0.4, 0.5) is 0 Å². The van der Waals surface area contributed by atoms with Crippen LogP contribution in [-0.4, -0.2) is 54.3 Å². The number of methoxy groups -OCH3 is 1. The predicted molar refractivity (Wildman–Crippen MR) is 119 cm³/mol. The summed E-state index contributed by atoms with van der Waals surface area (Å²) in [5.74, 6) is 0.571. The topological polar surface area (TPSA) is 63.6 Å². The minimum atomic E-state index is -0.720. The second kappa shape index (κ2) is 8.24. The van der Waals surface area contributed by atoms with Crippen molar-refractivity contribution in [3.63, 3.8) is 0 Å². The van der Waals surface area contributed by atoms with Crippen molar-refractivity contribution in [2.75, 3.05) is 33.3 Å². The summed E-state index contributed by atoms with van der Waals surface area (Å²) >= 11 is 0. The van der Waals surface area contributed by atoms with Gasteiger partial charge in [-0.2, -0.15) is 0 Å². The van der Waals surface area contributed by atoms with Crippen LogP contribution in [-0.2, 0) is 16.0 Å². The molecule has 4 heterocycles. The number of piperidine rings is 2. The number of likely N-dealkylation sites (tertiary alicyclic amines) is 1. The third-order valence-electron chi connectivity index (χ3n) is 7.57. The molecule has 3 aliphatic rings. The van der Waals surface area contributed by atoms with E-state index in [1.165, 1.54) is 5.56 Å². The maximum absolute atomic E-state index is 13.7. The van der Waals surface area contributed by atoms with Crippen molar-refractivity contribution in [2.24, 2.45) is 5.92 Å². The summed E-state index contributed by atoms with van der Waals surface area (Å²) in [7, 11) is 1.67.